The first-order chi connectivity index (χ1) is 8.68. The molecule has 2 aromatic rings. The molecule has 0 atom stereocenters. The molecule has 19 heavy (non-hydrogen) atoms. The molecule has 0 aliphatic carbocycles. The summed E-state index contributed by atoms with van der Waals surface area (Å²) in [4.78, 5) is 14.9. The lowest BCUT2D eigenvalue weighted by Crippen LogP contribution is -2.33. The Labute approximate surface area is 116 Å². The number of aromatic nitrogens is 2. The fourth-order valence-electron chi connectivity index (χ4n) is 2.78. The minimum absolute atomic E-state index is 0. The van der Waals surface area contributed by atoms with E-state index in [1.807, 2.05) is 0 Å². The Balaban J connectivity index is 0.00000133. The van der Waals surface area contributed by atoms with Crippen molar-refractivity contribution >= 4 is 23.4 Å². The van der Waals surface area contributed by atoms with Gasteiger partial charge in [-0.1, -0.05) is 0 Å². The van der Waals surface area contributed by atoms with Gasteiger partial charge in [0.05, 0.1) is 11.0 Å². The lowest BCUT2D eigenvalue weighted by atomic mass is 10.1. The summed E-state index contributed by atoms with van der Waals surface area (Å²) < 4.78 is 15.4. The predicted molar refractivity (Wildman–Crippen MR) is 75.6 cm³/mol. The Bertz CT molecular complexity index is 643. The highest BCUT2D eigenvalue weighted by Gasteiger charge is 2.21. The Kier molecular flexibility index (Phi) is 3.96. The Hall–Kier alpha value is -1.33. The second-order valence-corrected chi connectivity index (χ2v) is 4.85. The zero-order valence-corrected chi connectivity index (χ0v) is 11.5. The Morgan fingerprint density at radius 3 is 2.68 bits per heavy atom. The first-order valence-corrected chi connectivity index (χ1v) is 6.28. The summed E-state index contributed by atoms with van der Waals surface area (Å²) in [6, 6.07) is 3.20. The maximum Gasteiger partial charge on any atom is 0.326 e. The number of imidazole rings is 1. The van der Waals surface area contributed by atoms with Gasteiger partial charge in [0.1, 0.15) is 5.82 Å². The van der Waals surface area contributed by atoms with Gasteiger partial charge in [0.15, 0.2) is 0 Å². The van der Waals surface area contributed by atoms with E-state index in [0.717, 1.165) is 31.4 Å². The van der Waals surface area contributed by atoms with Crippen molar-refractivity contribution in [3.8, 4) is 0 Å². The van der Waals surface area contributed by atoms with Crippen LogP contribution in [-0.4, -0.2) is 22.6 Å². The molecule has 0 radical (unpaired) electrons. The number of halogens is 2. The monoisotopic (exact) mass is 285 g/mol. The van der Waals surface area contributed by atoms with Gasteiger partial charge in [-0.2, -0.15) is 0 Å². The molecule has 6 heteroatoms. The van der Waals surface area contributed by atoms with Crippen molar-refractivity contribution in [3.05, 3.63) is 34.0 Å². The average molecular weight is 286 g/mol. The summed E-state index contributed by atoms with van der Waals surface area (Å²) in [5.74, 6) is -0.260. The molecule has 1 aliphatic heterocycles. The molecule has 1 saturated heterocycles. The number of fused-ring (bicyclic) bond motifs is 1. The molecule has 0 spiro atoms. The van der Waals surface area contributed by atoms with E-state index in [0.29, 0.717) is 11.1 Å². The Morgan fingerprint density at radius 2 is 2.00 bits per heavy atom. The van der Waals surface area contributed by atoms with Crippen molar-refractivity contribution in [1.82, 2.24) is 14.9 Å². The second kappa shape index (κ2) is 5.35. The molecule has 1 fully saturated rings. The summed E-state index contributed by atoms with van der Waals surface area (Å²) in [5, 5.41) is 3.27. The van der Waals surface area contributed by atoms with Gasteiger partial charge in [0.2, 0.25) is 0 Å². The van der Waals surface area contributed by atoms with E-state index >= 15 is 0 Å². The van der Waals surface area contributed by atoms with Crippen molar-refractivity contribution < 1.29 is 4.39 Å². The fourth-order valence-corrected chi connectivity index (χ4v) is 2.78. The molecule has 1 aliphatic rings. The largest absolute Gasteiger partial charge is 0.326 e. The lowest BCUT2D eigenvalue weighted by molar-refractivity contribution is 0.368. The van der Waals surface area contributed by atoms with Crippen LogP contribution in [0.2, 0.25) is 0 Å². The number of H-pyrrole nitrogens is 1. The predicted octanol–water partition coefficient (Wildman–Crippen LogP) is 2.12. The molecule has 0 unspecified atom stereocenters. The molecular weight excluding hydrogens is 269 g/mol. The highest BCUT2D eigenvalue weighted by Crippen LogP contribution is 2.25. The number of piperidine rings is 1. The normalized spacial score (nSPS) is 16.5. The minimum Gasteiger partial charge on any atom is -0.317 e. The molecule has 2 N–H and O–H groups in total. The van der Waals surface area contributed by atoms with Crippen LogP contribution in [0, 0.1) is 12.7 Å². The number of aromatic amines is 1. The molecule has 3 rings (SSSR count). The van der Waals surface area contributed by atoms with E-state index < -0.39 is 0 Å². The molecule has 1 aromatic heterocycles. The summed E-state index contributed by atoms with van der Waals surface area (Å²) in [7, 11) is 0. The van der Waals surface area contributed by atoms with Crippen LogP contribution in [0.1, 0.15) is 24.4 Å². The first-order valence-electron chi connectivity index (χ1n) is 6.28. The van der Waals surface area contributed by atoms with Gasteiger partial charge in [-0.15, -0.1) is 12.4 Å². The second-order valence-electron chi connectivity index (χ2n) is 4.85. The van der Waals surface area contributed by atoms with E-state index in [1.165, 1.54) is 6.07 Å². The van der Waals surface area contributed by atoms with Crippen molar-refractivity contribution in [2.45, 2.75) is 25.8 Å². The summed E-state index contributed by atoms with van der Waals surface area (Å²) in [5.41, 5.74) is 1.85. The summed E-state index contributed by atoms with van der Waals surface area (Å²) in [6.45, 7) is 3.53. The third kappa shape index (κ3) is 2.28. The van der Waals surface area contributed by atoms with Crippen LogP contribution in [0.15, 0.2) is 16.9 Å². The van der Waals surface area contributed by atoms with Crippen molar-refractivity contribution in [2.75, 3.05) is 13.1 Å². The van der Waals surface area contributed by atoms with Crippen LogP contribution in [0.4, 0.5) is 4.39 Å². The molecule has 104 valence electrons. The minimum atomic E-state index is -0.260. The summed E-state index contributed by atoms with van der Waals surface area (Å²) in [6.07, 6.45) is 1.81. The third-order valence-electron chi connectivity index (χ3n) is 3.74. The van der Waals surface area contributed by atoms with Crippen LogP contribution in [0.3, 0.4) is 0 Å². The number of aryl methyl sites for hydroxylation is 1. The van der Waals surface area contributed by atoms with Gasteiger partial charge >= 0.3 is 5.69 Å². The van der Waals surface area contributed by atoms with Gasteiger partial charge in [0, 0.05) is 11.6 Å². The van der Waals surface area contributed by atoms with E-state index in [1.54, 1.807) is 17.6 Å². The topological polar surface area (TPSA) is 49.8 Å². The number of rotatable bonds is 1. The molecule has 2 heterocycles. The average Bonchev–Trinajstić information content (AvgIpc) is 2.72. The molecule has 0 bridgehead atoms. The van der Waals surface area contributed by atoms with Crippen LogP contribution >= 0.6 is 12.4 Å². The van der Waals surface area contributed by atoms with Crippen LogP contribution in [-0.2, 0) is 0 Å². The number of nitrogens with zero attached hydrogens (tertiary/aromatic N) is 1. The van der Waals surface area contributed by atoms with Gasteiger partial charge < -0.3 is 10.3 Å². The molecule has 0 amide bonds. The van der Waals surface area contributed by atoms with Crippen LogP contribution in [0.25, 0.3) is 11.0 Å². The molecular formula is C13H17ClFN3O. The summed E-state index contributed by atoms with van der Waals surface area (Å²) >= 11 is 0. The molecule has 1 aromatic carbocycles. The number of hydrogen-bond donors (Lipinski definition) is 2. The maximum absolute atomic E-state index is 13.7. The zero-order chi connectivity index (χ0) is 12.7. The highest BCUT2D eigenvalue weighted by molar-refractivity contribution is 5.85. The van der Waals surface area contributed by atoms with Gasteiger partial charge in [-0.3, -0.25) is 4.57 Å². The molecule has 4 nitrogen and oxygen atoms in total. The maximum atomic E-state index is 13.7. The quantitative estimate of drug-likeness (QED) is 0.843. The van der Waals surface area contributed by atoms with Crippen LogP contribution in [0.5, 0.6) is 0 Å². The van der Waals surface area contributed by atoms with E-state index in [-0.39, 0.29) is 30.0 Å². The SMILES string of the molecule is Cc1c(F)ccc2[nH]c(=O)n(C3CCNCC3)c12.Cl. The lowest BCUT2D eigenvalue weighted by Gasteiger charge is -2.24. The van der Waals surface area contributed by atoms with E-state index in [2.05, 4.69) is 10.3 Å². The van der Waals surface area contributed by atoms with Crippen molar-refractivity contribution in [2.24, 2.45) is 0 Å². The fraction of sp³-hybridized carbons (Fsp3) is 0.462. The molecule has 0 saturated carbocycles. The van der Waals surface area contributed by atoms with Crippen molar-refractivity contribution in [3.63, 3.8) is 0 Å². The highest BCUT2D eigenvalue weighted by atomic mass is 35.5. The third-order valence-corrected chi connectivity index (χ3v) is 3.74. The number of hydrogen-bond acceptors (Lipinski definition) is 2. The number of benzene rings is 1. The van der Waals surface area contributed by atoms with Gasteiger partial charge in [-0.05, 0) is 45.0 Å². The Morgan fingerprint density at radius 1 is 1.32 bits per heavy atom. The smallest absolute Gasteiger partial charge is 0.317 e. The number of nitrogens with one attached hydrogen (secondary N) is 2. The standard InChI is InChI=1S/C13H16FN3O.ClH/c1-8-10(14)2-3-11-12(8)17(13(18)16-11)9-4-6-15-7-5-9;/h2-3,9,15H,4-7H2,1H3,(H,16,18);1H. The van der Waals surface area contributed by atoms with E-state index in [4.69, 9.17) is 0 Å². The first kappa shape index (κ1) is 14.1. The van der Waals surface area contributed by atoms with Crippen molar-refractivity contribution in [1.29, 1.82) is 0 Å². The van der Waals surface area contributed by atoms with Gasteiger partial charge in [-0.25, -0.2) is 9.18 Å². The zero-order valence-electron chi connectivity index (χ0n) is 10.7. The van der Waals surface area contributed by atoms with Gasteiger partial charge in [0.25, 0.3) is 0 Å². The van der Waals surface area contributed by atoms with Crippen LogP contribution < -0.4 is 11.0 Å². The van der Waals surface area contributed by atoms with E-state index in [9.17, 15) is 9.18 Å².